The lowest BCUT2D eigenvalue weighted by Gasteiger charge is -2.28. The van der Waals surface area contributed by atoms with Gasteiger partial charge in [-0.2, -0.15) is 11.8 Å². The molecule has 0 bridgehead atoms. The topological polar surface area (TPSA) is 106 Å². The summed E-state index contributed by atoms with van der Waals surface area (Å²) in [5.74, 6) is 1.55. The molecule has 26 heavy (non-hydrogen) atoms. The van der Waals surface area contributed by atoms with E-state index in [1.807, 2.05) is 0 Å². The molecule has 142 valence electrons. The number of fused-ring (bicyclic) bond motifs is 1. The predicted octanol–water partition coefficient (Wildman–Crippen LogP) is 0.0323. The minimum absolute atomic E-state index is 0.0730. The molecule has 1 unspecified atom stereocenters. The minimum atomic E-state index is -0.703. The largest absolute Gasteiger partial charge is 0.454 e. The Morgan fingerprint density at radius 1 is 1.23 bits per heavy atom. The van der Waals surface area contributed by atoms with Crippen molar-refractivity contribution >= 4 is 23.6 Å². The van der Waals surface area contributed by atoms with Gasteiger partial charge in [0.1, 0.15) is 0 Å². The van der Waals surface area contributed by atoms with Crippen LogP contribution in [0.1, 0.15) is 12.0 Å². The van der Waals surface area contributed by atoms with E-state index in [-0.39, 0.29) is 33.1 Å². The average Bonchev–Trinajstić information content (AvgIpc) is 3.31. The second-order valence-corrected chi connectivity index (χ2v) is 7.22. The third kappa shape index (κ3) is 4.60. The lowest BCUT2D eigenvalue weighted by Crippen LogP contribution is -2.49. The molecule has 0 aromatic heterocycles. The van der Waals surface area contributed by atoms with E-state index < -0.39 is 17.4 Å². The molecular weight excluding hydrogens is 360 g/mol. The molecule has 1 aromatic rings. The molecule has 1 fully saturated rings. The number of aliphatic hydroxyl groups is 1. The molecule has 9 heteroatoms. The number of amides is 2. The molecule has 2 amide bonds. The number of carbonyl (C=O) groups excluding carboxylic acids is 2. The molecular formula is C17H22N2O6S. The third-order valence-electron chi connectivity index (χ3n) is 4.23. The van der Waals surface area contributed by atoms with E-state index >= 15 is 0 Å². The van der Waals surface area contributed by atoms with E-state index in [9.17, 15) is 9.59 Å². The van der Waals surface area contributed by atoms with Crippen molar-refractivity contribution in [2.45, 2.75) is 18.6 Å². The van der Waals surface area contributed by atoms with Crippen LogP contribution in [0, 0.1) is 0 Å². The van der Waals surface area contributed by atoms with Gasteiger partial charge in [-0.1, -0.05) is 6.07 Å². The van der Waals surface area contributed by atoms with Gasteiger partial charge in [0.25, 0.3) is 0 Å². The van der Waals surface area contributed by atoms with Crippen LogP contribution in [0.2, 0.25) is 0 Å². The first-order valence-electron chi connectivity index (χ1n) is 8.39. The maximum Gasteiger partial charge on any atom is 0.309 e. The van der Waals surface area contributed by atoms with Crippen molar-refractivity contribution in [1.29, 1.82) is 0 Å². The molecule has 1 saturated heterocycles. The Balaban J connectivity index is 1.46. The Morgan fingerprint density at radius 2 is 2.04 bits per heavy atom. The van der Waals surface area contributed by atoms with Gasteiger partial charge in [0, 0.05) is 18.8 Å². The van der Waals surface area contributed by atoms with Gasteiger partial charge < -0.3 is 30.0 Å². The highest BCUT2D eigenvalue weighted by atomic mass is 32.2. The first-order chi connectivity index (χ1) is 12.6. The summed E-state index contributed by atoms with van der Waals surface area (Å²) in [6.07, 6.45) is 0.775. The molecule has 3 N–H and O–H groups in total. The highest BCUT2D eigenvalue weighted by Gasteiger charge is 2.36. The second-order valence-electron chi connectivity index (χ2n) is 6.11. The second kappa shape index (κ2) is 8.61. The van der Waals surface area contributed by atoms with Crippen molar-refractivity contribution in [3.05, 3.63) is 23.8 Å². The van der Waals surface area contributed by atoms with Crippen molar-refractivity contribution < 1.29 is 28.9 Å². The Morgan fingerprint density at radius 3 is 2.81 bits per heavy atom. The fourth-order valence-corrected chi connectivity index (χ4v) is 4.15. The van der Waals surface area contributed by atoms with Gasteiger partial charge in [0.05, 0.1) is 18.8 Å². The smallest absolute Gasteiger partial charge is 0.309 e. The summed E-state index contributed by atoms with van der Waals surface area (Å²) in [5.41, 5.74) is 0.297. The molecule has 1 aromatic carbocycles. The van der Waals surface area contributed by atoms with Crippen molar-refractivity contribution in [2.24, 2.45) is 0 Å². The summed E-state index contributed by atoms with van der Waals surface area (Å²) in [7, 11) is 0. The van der Waals surface area contributed by atoms with Crippen LogP contribution >= 0.6 is 11.8 Å². The number of aliphatic hydroxyl groups excluding tert-OH is 1. The summed E-state index contributed by atoms with van der Waals surface area (Å²) in [5, 5.41) is 14.2. The molecule has 2 heterocycles. The Labute approximate surface area is 155 Å². The number of ether oxygens (including phenoxy) is 3. The number of hydrogen-bond acceptors (Lipinski definition) is 7. The zero-order valence-electron chi connectivity index (χ0n) is 14.3. The lowest BCUT2D eigenvalue weighted by molar-refractivity contribution is -0.140. The number of benzene rings is 1. The van der Waals surface area contributed by atoms with E-state index in [2.05, 4.69) is 10.6 Å². The van der Waals surface area contributed by atoms with Crippen LogP contribution < -0.4 is 20.1 Å². The van der Waals surface area contributed by atoms with E-state index in [0.717, 1.165) is 23.5 Å². The molecule has 2 aliphatic rings. The molecule has 8 nitrogen and oxygen atoms in total. The maximum atomic E-state index is 12.0. The number of hydrogen-bond donors (Lipinski definition) is 3. The maximum absolute atomic E-state index is 12.0. The minimum Gasteiger partial charge on any atom is -0.454 e. The Hall–Kier alpha value is -1.97. The van der Waals surface area contributed by atoms with Gasteiger partial charge >= 0.3 is 11.8 Å². The van der Waals surface area contributed by atoms with E-state index in [0.29, 0.717) is 11.5 Å². The van der Waals surface area contributed by atoms with E-state index in [1.54, 1.807) is 30.0 Å². The zero-order chi connectivity index (χ0) is 18.4. The van der Waals surface area contributed by atoms with Gasteiger partial charge in [0.15, 0.2) is 11.5 Å². The lowest BCUT2D eigenvalue weighted by atomic mass is 10.0. The van der Waals surface area contributed by atoms with Crippen LogP contribution in [0.5, 0.6) is 11.5 Å². The fraction of sp³-hybridized carbons (Fsp3) is 0.529. The summed E-state index contributed by atoms with van der Waals surface area (Å²) in [6.45, 7) is 0.788. The van der Waals surface area contributed by atoms with Crippen LogP contribution in [0.4, 0.5) is 0 Å². The normalized spacial score (nSPS) is 20.8. The summed E-state index contributed by atoms with van der Waals surface area (Å²) in [6, 6.07) is 5.34. The molecule has 0 saturated carbocycles. The monoisotopic (exact) mass is 382 g/mol. The highest BCUT2D eigenvalue weighted by Crippen LogP contribution is 2.32. The van der Waals surface area contributed by atoms with Crippen molar-refractivity contribution in [2.75, 3.05) is 38.1 Å². The van der Waals surface area contributed by atoms with Crippen LogP contribution in [0.3, 0.4) is 0 Å². The summed E-state index contributed by atoms with van der Waals surface area (Å²) >= 11 is 1.73. The van der Waals surface area contributed by atoms with Gasteiger partial charge in [-0.15, -0.1) is 0 Å². The Kier molecular flexibility index (Phi) is 6.23. The molecule has 1 atom stereocenters. The van der Waals surface area contributed by atoms with Crippen molar-refractivity contribution in [3.63, 3.8) is 0 Å². The number of thioether (sulfide) groups is 1. The molecule has 0 radical (unpaired) electrons. The summed E-state index contributed by atoms with van der Waals surface area (Å²) in [4.78, 5) is 24.1. The first-order valence-corrected chi connectivity index (χ1v) is 9.54. The number of carbonyl (C=O) groups is 2. The predicted molar refractivity (Wildman–Crippen MR) is 95.1 cm³/mol. The number of nitrogens with one attached hydrogen (secondary N) is 2. The first kappa shape index (κ1) is 18.8. The van der Waals surface area contributed by atoms with Gasteiger partial charge in [-0.05, 0) is 29.9 Å². The standard InChI is InChI=1S/C17H22N2O6S/c20-4-5-25-17(3-6-26-10-17)9-19-16(22)15(21)18-8-12-1-2-13-14(7-12)24-11-23-13/h1-2,7,20H,3-6,8-11H2,(H,18,21)(H,19,22). The van der Waals surface area contributed by atoms with Crippen molar-refractivity contribution in [3.8, 4) is 11.5 Å². The summed E-state index contributed by atoms with van der Waals surface area (Å²) < 4.78 is 16.2. The van der Waals surface area contributed by atoms with Crippen LogP contribution in [0.25, 0.3) is 0 Å². The molecule has 3 rings (SSSR count). The highest BCUT2D eigenvalue weighted by molar-refractivity contribution is 7.99. The fourth-order valence-electron chi connectivity index (χ4n) is 2.79. The van der Waals surface area contributed by atoms with Crippen LogP contribution in [0.15, 0.2) is 18.2 Å². The molecule has 0 spiro atoms. The third-order valence-corrected chi connectivity index (χ3v) is 5.46. The van der Waals surface area contributed by atoms with Gasteiger partial charge in [-0.25, -0.2) is 0 Å². The van der Waals surface area contributed by atoms with E-state index in [4.69, 9.17) is 19.3 Å². The quantitative estimate of drug-likeness (QED) is 0.572. The zero-order valence-corrected chi connectivity index (χ0v) is 15.1. The Bertz CT molecular complexity index is 663. The van der Waals surface area contributed by atoms with Gasteiger partial charge in [0.2, 0.25) is 6.79 Å². The number of rotatable bonds is 7. The van der Waals surface area contributed by atoms with Gasteiger partial charge in [-0.3, -0.25) is 9.59 Å². The van der Waals surface area contributed by atoms with Crippen LogP contribution in [-0.2, 0) is 20.9 Å². The van der Waals surface area contributed by atoms with Crippen LogP contribution in [-0.4, -0.2) is 60.6 Å². The SMILES string of the molecule is O=C(NCc1ccc2c(c1)OCO2)C(=O)NCC1(OCCO)CCSC1. The molecule has 2 aliphatic heterocycles. The van der Waals surface area contributed by atoms with E-state index in [1.165, 1.54) is 0 Å². The molecule has 0 aliphatic carbocycles. The average molecular weight is 382 g/mol. The van der Waals surface area contributed by atoms with Crippen molar-refractivity contribution in [1.82, 2.24) is 10.6 Å².